The molecule has 0 amide bonds. The first kappa shape index (κ1) is 21.9. The van der Waals surface area contributed by atoms with Gasteiger partial charge in [-0.2, -0.15) is 5.26 Å². The highest BCUT2D eigenvalue weighted by molar-refractivity contribution is 6.14. The second-order valence-corrected chi connectivity index (χ2v) is 10.2. The number of hydrogen-bond acceptors (Lipinski definition) is 2. The Morgan fingerprint density at radius 1 is 0.853 bits per heavy atom. The fourth-order valence-electron chi connectivity index (χ4n) is 4.87. The zero-order chi connectivity index (χ0) is 24.2. The number of aromatic nitrogens is 1. The fraction of sp³-hybridized carbons (Fsp3) is 0.226. The third-order valence-electron chi connectivity index (χ3n) is 6.87. The van der Waals surface area contributed by atoms with Crippen LogP contribution in [0.3, 0.4) is 0 Å². The predicted octanol–water partition coefficient (Wildman–Crippen LogP) is 7.53. The Morgan fingerprint density at radius 2 is 1.56 bits per heavy atom. The van der Waals surface area contributed by atoms with Gasteiger partial charge in [0.05, 0.1) is 17.2 Å². The van der Waals surface area contributed by atoms with E-state index < -0.39 is 0 Å². The van der Waals surface area contributed by atoms with Crippen molar-refractivity contribution in [3.63, 3.8) is 0 Å². The van der Waals surface area contributed by atoms with Crippen LogP contribution in [0.1, 0.15) is 43.0 Å². The van der Waals surface area contributed by atoms with Gasteiger partial charge in [0, 0.05) is 28.5 Å². The van der Waals surface area contributed by atoms with Gasteiger partial charge in [-0.25, -0.2) is 4.57 Å². The molecule has 0 aliphatic rings. The largest absolute Gasteiger partial charge is 0.454 e. The molecule has 5 rings (SSSR count). The number of rotatable bonds is 2. The molecule has 0 unspecified atom stereocenters. The number of aryl methyl sites for hydroxylation is 2. The number of fused-ring (bicyclic) bond motifs is 3. The summed E-state index contributed by atoms with van der Waals surface area (Å²) in [4.78, 5) is 0. The minimum atomic E-state index is 0.0778. The first-order valence-corrected chi connectivity index (χ1v) is 11.7. The topological polar surface area (TPSA) is 40.8 Å². The summed E-state index contributed by atoms with van der Waals surface area (Å²) in [5.41, 5.74) is 10.1. The molecule has 0 aliphatic carbocycles. The quantitative estimate of drug-likeness (QED) is 0.264. The Morgan fingerprint density at radius 3 is 2.21 bits per heavy atom. The van der Waals surface area contributed by atoms with Crippen molar-refractivity contribution in [2.24, 2.45) is 7.05 Å². The van der Waals surface area contributed by atoms with E-state index >= 15 is 0 Å². The lowest BCUT2D eigenvalue weighted by Crippen LogP contribution is -2.30. The number of benzene rings is 3. The van der Waals surface area contributed by atoms with Gasteiger partial charge in [-0.15, -0.1) is 0 Å². The zero-order valence-corrected chi connectivity index (χ0v) is 20.7. The smallest absolute Gasteiger partial charge is 0.216 e. The minimum absolute atomic E-state index is 0.0778. The number of furan rings is 1. The molecule has 3 heteroatoms. The Kier molecular flexibility index (Phi) is 5.06. The normalized spacial score (nSPS) is 11.8. The summed E-state index contributed by atoms with van der Waals surface area (Å²) in [7, 11) is 2.05. The third-order valence-corrected chi connectivity index (χ3v) is 6.87. The minimum Gasteiger partial charge on any atom is -0.454 e. The van der Waals surface area contributed by atoms with E-state index in [1.54, 1.807) is 0 Å². The highest BCUT2D eigenvalue weighted by Gasteiger charge is 2.24. The number of nitriles is 1. The van der Waals surface area contributed by atoms with Gasteiger partial charge in [0.1, 0.15) is 18.2 Å². The summed E-state index contributed by atoms with van der Waals surface area (Å²) in [5, 5.41) is 11.9. The number of nitrogens with zero attached hydrogens (tertiary/aromatic N) is 2. The van der Waals surface area contributed by atoms with Crippen LogP contribution in [0.15, 0.2) is 71.3 Å². The Labute approximate surface area is 200 Å². The first-order valence-electron chi connectivity index (χ1n) is 11.7. The van der Waals surface area contributed by atoms with E-state index in [2.05, 4.69) is 100 Å². The predicted molar refractivity (Wildman–Crippen MR) is 139 cm³/mol. The summed E-state index contributed by atoms with van der Waals surface area (Å²) >= 11 is 0. The van der Waals surface area contributed by atoms with Gasteiger partial charge in [-0.1, -0.05) is 57.2 Å². The highest BCUT2D eigenvalue weighted by atomic mass is 16.3. The molecule has 3 aromatic carbocycles. The lowest BCUT2D eigenvalue weighted by Gasteiger charge is -2.19. The number of pyridine rings is 1. The van der Waals surface area contributed by atoms with Gasteiger partial charge in [0.15, 0.2) is 6.20 Å². The Bertz CT molecular complexity index is 1610. The molecule has 3 nitrogen and oxygen atoms in total. The molecule has 0 N–H and O–H groups in total. The molecule has 5 aromatic rings. The van der Waals surface area contributed by atoms with Crippen LogP contribution in [-0.4, -0.2) is 0 Å². The van der Waals surface area contributed by atoms with Crippen molar-refractivity contribution >= 4 is 21.9 Å². The average molecular weight is 446 g/mol. The van der Waals surface area contributed by atoms with Crippen molar-refractivity contribution in [1.29, 1.82) is 5.26 Å². The van der Waals surface area contributed by atoms with Crippen LogP contribution in [0.5, 0.6) is 0 Å². The molecule has 0 saturated heterocycles. The molecule has 0 fully saturated rings. The monoisotopic (exact) mass is 445 g/mol. The molecule has 0 atom stereocenters. The third kappa shape index (κ3) is 3.38. The van der Waals surface area contributed by atoms with E-state index in [0.29, 0.717) is 5.56 Å². The maximum absolute atomic E-state index is 9.94. The maximum atomic E-state index is 9.94. The Hall–Kier alpha value is -3.90. The van der Waals surface area contributed by atoms with Crippen LogP contribution in [0.25, 0.3) is 44.3 Å². The molecule has 0 radical (unpaired) electrons. The number of hydrogen-bond donors (Lipinski definition) is 0. The molecule has 2 aromatic heterocycles. The molecule has 2 heterocycles. The van der Waals surface area contributed by atoms with E-state index in [-0.39, 0.29) is 5.41 Å². The van der Waals surface area contributed by atoms with Gasteiger partial charge < -0.3 is 4.42 Å². The van der Waals surface area contributed by atoms with Crippen molar-refractivity contribution in [3.05, 3.63) is 89.1 Å². The van der Waals surface area contributed by atoms with Crippen molar-refractivity contribution in [2.45, 2.75) is 40.0 Å². The van der Waals surface area contributed by atoms with Crippen LogP contribution in [-0.2, 0) is 12.5 Å². The second kappa shape index (κ2) is 7.85. The molecule has 168 valence electrons. The summed E-state index contributed by atoms with van der Waals surface area (Å²) in [6.07, 6.45) is 2.05. The molecule has 34 heavy (non-hydrogen) atoms. The summed E-state index contributed by atoms with van der Waals surface area (Å²) in [5.74, 6) is 0. The van der Waals surface area contributed by atoms with Crippen LogP contribution in [0.2, 0.25) is 0 Å². The average Bonchev–Trinajstić information content (AvgIpc) is 3.16. The SMILES string of the molecule is Cc1ccc2c(oc3c(-c4ccc(C(C)(C)C)cc4)c(C)c(C#N)cc32)c1-c1cccc[n+]1C. The molecular formula is C31H29N2O+. The zero-order valence-electron chi connectivity index (χ0n) is 20.7. The van der Waals surface area contributed by atoms with Gasteiger partial charge in [0.25, 0.3) is 0 Å². The first-order chi connectivity index (χ1) is 16.2. The molecular weight excluding hydrogens is 416 g/mol. The van der Waals surface area contributed by atoms with Crippen molar-refractivity contribution in [1.82, 2.24) is 0 Å². The summed E-state index contributed by atoms with van der Waals surface area (Å²) < 4.78 is 8.83. The Balaban J connectivity index is 1.87. The van der Waals surface area contributed by atoms with Gasteiger partial charge in [-0.3, -0.25) is 0 Å². The van der Waals surface area contributed by atoms with Crippen molar-refractivity contribution in [3.8, 4) is 28.5 Å². The van der Waals surface area contributed by atoms with E-state index in [1.165, 1.54) is 5.56 Å². The van der Waals surface area contributed by atoms with Crippen LogP contribution in [0.4, 0.5) is 0 Å². The van der Waals surface area contributed by atoms with Gasteiger partial charge >= 0.3 is 0 Å². The molecule has 0 spiro atoms. The maximum Gasteiger partial charge on any atom is 0.216 e. The van der Waals surface area contributed by atoms with Crippen molar-refractivity contribution in [2.75, 3.05) is 0 Å². The molecule has 0 aliphatic heterocycles. The molecule has 0 saturated carbocycles. The van der Waals surface area contributed by atoms with E-state index in [9.17, 15) is 5.26 Å². The fourth-order valence-corrected chi connectivity index (χ4v) is 4.87. The van der Waals surface area contributed by atoms with E-state index in [1.807, 2.05) is 19.1 Å². The van der Waals surface area contributed by atoms with Gasteiger partial charge in [-0.05, 0) is 53.6 Å². The van der Waals surface area contributed by atoms with Crippen LogP contribution in [0, 0.1) is 25.2 Å². The van der Waals surface area contributed by atoms with E-state index in [0.717, 1.165) is 55.4 Å². The van der Waals surface area contributed by atoms with E-state index in [4.69, 9.17) is 4.42 Å². The lowest BCUT2D eigenvalue weighted by atomic mass is 9.85. The van der Waals surface area contributed by atoms with Crippen LogP contribution >= 0.6 is 0 Å². The molecule has 0 bridgehead atoms. The second-order valence-electron chi connectivity index (χ2n) is 10.2. The highest BCUT2D eigenvalue weighted by Crippen LogP contribution is 2.43. The van der Waals surface area contributed by atoms with Crippen molar-refractivity contribution < 1.29 is 8.98 Å². The standard InChI is InChI=1S/C31H29N2O/c1-19-10-15-24-25-17-22(18-32)20(2)28(21-11-13-23(14-12-21)31(3,4)5)30(25)34-29(24)27(19)26-9-7-8-16-33(26)6/h7-17H,1-6H3/q+1. The lowest BCUT2D eigenvalue weighted by molar-refractivity contribution is -0.660. The summed E-state index contributed by atoms with van der Waals surface area (Å²) in [6, 6.07) is 23.5. The van der Waals surface area contributed by atoms with Crippen LogP contribution < -0.4 is 4.57 Å². The van der Waals surface area contributed by atoms with Gasteiger partial charge in [0.2, 0.25) is 5.69 Å². The summed E-state index contributed by atoms with van der Waals surface area (Å²) in [6.45, 7) is 10.8.